The Hall–Kier alpha value is -4.37. The molecule has 0 bridgehead atoms. The number of aliphatic hydroxyl groups excluding tert-OH is 1. The third-order valence-electron chi connectivity index (χ3n) is 6.69. The molecule has 8 nitrogen and oxygen atoms in total. The van der Waals surface area contributed by atoms with Gasteiger partial charge in [0, 0.05) is 12.0 Å². The van der Waals surface area contributed by atoms with Crippen LogP contribution in [0.1, 0.15) is 36.6 Å². The van der Waals surface area contributed by atoms with Crippen LogP contribution in [0.15, 0.2) is 66.2 Å². The van der Waals surface area contributed by atoms with Crippen molar-refractivity contribution in [3.05, 3.63) is 82.9 Å². The molecule has 2 aliphatic rings. The molecule has 0 saturated carbocycles. The minimum atomic E-state index is -0.939. The largest absolute Gasteiger partial charge is 0.508 e. The fraction of sp³-hybridized carbons (Fsp3) is 0.207. The van der Waals surface area contributed by atoms with Crippen molar-refractivity contribution in [1.82, 2.24) is 4.98 Å². The second-order valence-corrected chi connectivity index (χ2v) is 10.3. The number of phenols is 1. The molecule has 0 radical (unpaired) electrons. The highest BCUT2D eigenvalue weighted by atomic mass is 32.1. The molecule has 4 aromatic rings. The number of ether oxygens (including phenoxy) is 2. The van der Waals surface area contributed by atoms with Crippen molar-refractivity contribution < 1.29 is 29.3 Å². The number of carbonyl (C=O) groups excluding carboxylic acids is 2. The summed E-state index contributed by atoms with van der Waals surface area (Å²) in [5, 5.41) is 21.6. The summed E-state index contributed by atoms with van der Waals surface area (Å²) in [5.74, 6) is -0.396. The summed E-state index contributed by atoms with van der Waals surface area (Å²) in [7, 11) is 0. The zero-order valence-electron chi connectivity index (χ0n) is 20.7. The number of aromatic hydroxyl groups is 1. The van der Waals surface area contributed by atoms with Crippen molar-refractivity contribution >= 4 is 44.1 Å². The van der Waals surface area contributed by atoms with E-state index in [0.29, 0.717) is 40.6 Å². The van der Waals surface area contributed by atoms with Gasteiger partial charge in [-0.3, -0.25) is 14.5 Å². The lowest BCUT2D eigenvalue weighted by Gasteiger charge is -2.23. The van der Waals surface area contributed by atoms with Crippen molar-refractivity contribution in [3.63, 3.8) is 0 Å². The van der Waals surface area contributed by atoms with Crippen LogP contribution in [0, 0.1) is 0 Å². The highest BCUT2D eigenvalue weighted by Crippen LogP contribution is 2.45. The van der Waals surface area contributed by atoms with Crippen LogP contribution in [0.3, 0.4) is 0 Å². The lowest BCUT2D eigenvalue weighted by Crippen LogP contribution is -2.29. The molecule has 3 heterocycles. The predicted octanol–water partition coefficient (Wildman–Crippen LogP) is 5.35. The number of benzene rings is 3. The van der Waals surface area contributed by atoms with E-state index >= 15 is 0 Å². The second-order valence-electron chi connectivity index (χ2n) is 9.27. The average molecular weight is 529 g/mol. The number of aromatic nitrogens is 1. The predicted molar refractivity (Wildman–Crippen MR) is 144 cm³/mol. The molecule has 3 aromatic carbocycles. The highest BCUT2D eigenvalue weighted by molar-refractivity contribution is 7.22. The minimum absolute atomic E-state index is 0.0206. The van der Waals surface area contributed by atoms with Gasteiger partial charge >= 0.3 is 5.91 Å². The Kier molecular flexibility index (Phi) is 5.80. The van der Waals surface area contributed by atoms with Crippen LogP contribution in [0.4, 0.5) is 5.13 Å². The molecule has 2 aliphatic heterocycles. The summed E-state index contributed by atoms with van der Waals surface area (Å²) in [5.41, 5.74) is 2.52. The van der Waals surface area contributed by atoms with Crippen LogP contribution >= 0.6 is 11.3 Å². The number of hydrogen-bond acceptors (Lipinski definition) is 8. The number of amides is 1. The Labute approximate surface area is 222 Å². The lowest BCUT2D eigenvalue weighted by atomic mass is 9.94. The molecular formula is C29H24N2O6S. The Morgan fingerprint density at radius 2 is 1.92 bits per heavy atom. The number of thiazole rings is 1. The maximum atomic E-state index is 13.5. The third kappa shape index (κ3) is 3.95. The third-order valence-corrected chi connectivity index (χ3v) is 7.71. The number of ketones is 1. The van der Waals surface area contributed by atoms with Crippen LogP contribution < -0.4 is 14.4 Å². The molecule has 1 amide bonds. The Balaban J connectivity index is 1.50. The van der Waals surface area contributed by atoms with Crippen molar-refractivity contribution in [3.8, 4) is 17.2 Å². The second kappa shape index (κ2) is 9.18. The molecular weight excluding hydrogens is 504 g/mol. The Morgan fingerprint density at radius 1 is 1.13 bits per heavy atom. The number of fused-ring (bicyclic) bond motifs is 2. The van der Waals surface area contributed by atoms with E-state index in [9.17, 15) is 19.8 Å². The molecule has 1 fully saturated rings. The molecule has 9 heteroatoms. The number of Topliss-reactive ketones (excluding diaryl/α,β-unsaturated/α-hetero) is 1. The van der Waals surface area contributed by atoms with Crippen molar-refractivity contribution in [2.75, 3.05) is 11.5 Å². The maximum absolute atomic E-state index is 13.5. The smallest absolute Gasteiger partial charge is 0.301 e. The minimum Gasteiger partial charge on any atom is -0.508 e. The number of hydrogen-bond donors (Lipinski definition) is 2. The van der Waals surface area contributed by atoms with Gasteiger partial charge in [0.2, 0.25) is 0 Å². The van der Waals surface area contributed by atoms with E-state index in [4.69, 9.17) is 9.47 Å². The highest BCUT2D eigenvalue weighted by Gasteiger charge is 2.48. The van der Waals surface area contributed by atoms with Gasteiger partial charge in [0.15, 0.2) is 5.13 Å². The van der Waals surface area contributed by atoms with Crippen LogP contribution in [-0.2, 0) is 16.0 Å². The van der Waals surface area contributed by atoms with E-state index < -0.39 is 17.7 Å². The van der Waals surface area contributed by atoms with Gasteiger partial charge in [0.25, 0.3) is 5.78 Å². The molecule has 0 spiro atoms. The van der Waals surface area contributed by atoms with Gasteiger partial charge < -0.3 is 19.7 Å². The van der Waals surface area contributed by atoms with Crippen molar-refractivity contribution in [2.24, 2.45) is 0 Å². The zero-order valence-corrected chi connectivity index (χ0v) is 21.5. The summed E-state index contributed by atoms with van der Waals surface area (Å²) in [4.78, 5) is 32.9. The Morgan fingerprint density at radius 3 is 2.68 bits per heavy atom. The maximum Gasteiger partial charge on any atom is 0.301 e. The zero-order chi connectivity index (χ0) is 26.6. The first kappa shape index (κ1) is 24.0. The van der Waals surface area contributed by atoms with Crippen LogP contribution in [0.2, 0.25) is 0 Å². The molecule has 1 saturated heterocycles. The summed E-state index contributed by atoms with van der Waals surface area (Å²) in [6.45, 7) is 4.37. The van der Waals surface area contributed by atoms with Crippen molar-refractivity contribution in [1.29, 1.82) is 0 Å². The quantitative estimate of drug-likeness (QED) is 0.204. The molecule has 2 unspecified atom stereocenters. The summed E-state index contributed by atoms with van der Waals surface area (Å²) < 4.78 is 12.2. The number of anilines is 1. The molecule has 2 N–H and O–H groups in total. The summed E-state index contributed by atoms with van der Waals surface area (Å²) >= 11 is 1.26. The number of rotatable bonds is 5. The van der Waals surface area contributed by atoms with E-state index in [1.54, 1.807) is 42.5 Å². The van der Waals surface area contributed by atoms with E-state index in [0.717, 1.165) is 16.0 Å². The topological polar surface area (TPSA) is 109 Å². The number of aliphatic hydroxyl groups is 1. The fourth-order valence-electron chi connectivity index (χ4n) is 4.98. The van der Waals surface area contributed by atoms with Gasteiger partial charge in [0.05, 0.1) is 28.4 Å². The number of nitrogens with zero attached hydrogens (tertiary/aromatic N) is 2. The Bertz CT molecular complexity index is 1620. The summed E-state index contributed by atoms with van der Waals surface area (Å²) in [6.07, 6.45) is 0.703. The van der Waals surface area contributed by atoms with E-state index in [-0.39, 0.29) is 23.2 Å². The first-order valence-electron chi connectivity index (χ1n) is 12.3. The van der Waals surface area contributed by atoms with Crippen LogP contribution in [0.5, 0.6) is 17.2 Å². The summed E-state index contributed by atoms with van der Waals surface area (Å²) in [6, 6.07) is 16.0. The van der Waals surface area contributed by atoms with Gasteiger partial charge in [0.1, 0.15) is 29.1 Å². The number of carbonyl (C=O) groups is 2. The SMILES string of the molecule is CCOc1ccc2nc(N3C(=O)C(=O)/C(=C(\O)c4ccc5c(c4)CC(C)O5)C3c3ccc(O)cc3)sc2c1. The van der Waals surface area contributed by atoms with Gasteiger partial charge in [-0.05, 0) is 73.5 Å². The monoisotopic (exact) mass is 528 g/mol. The molecule has 6 rings (SSSR count). The first-order valence-corrected chi connectivity index (χ1v) is 13.1. The van der Waals surface area contributed by atoms with E-state index in [2.05, 4.69) is 4.98 Å². The van der Waals surface area contributed by atoms with Gasteiger partial charge in [-0.1, -0.05) is 23.5 Å². The lowest BCUT2D eigenvalue weighted by molar-refractivity contribution is -0.132. The van der Waals surface area contributed by atoms with Gasteiger partial charge in [-0.25, -0.2) is 4.98 Å². The molecule has 192 valence electrons. The van der Waals surface area contributed by atoms with E-state index in [1.807, 2.05) is 19.9 Å². The molecule has 2 atom stereocenters. The standard InChI is InChI=1S/C29H24N2O6S/c1-3-36-20-9-10-21-23(14-20)38-29(30-21)31-25(16-4-7-19(32)8-5-16)24(27(34)28(31)35)26(33)17-6-11-22-18(13-17)12-15(2)37-22/h4-11,13-15,25,32-33H,3,12H2,1-2H3/b26-24-. The van der Waals surface area contributed by atoms with Crippen LogP contribution in [0.25, 0.3) is 16.0 Å². The normalized spacial score (nSPS) is 20.1. The fourth-order valence-corrected chi connectivity index (χ4v) is 6.00. The van der Waals surface area contributed by atoms with E-state index in [1.165, 1.54) is 28.4 Å². The van der Waals surface area contributed by atoms with Gasteiger partial charge in [-0.15, -0.1) is 0 Å². The average Bonchev–Trinajstić information content (AvgIpc) is 3.56. The number of phenolic OH excluding ortho intramolecular Hbond substituents is 1. The molecule has 38 heavy (non-hydrogen) atoms. The van der Waals surface area contributed by atoms with Gasteiger partial charge in [-0.2, -0.15) is 0 Å². The van der Waals surface area contributed by atoms with Crippen LogP contribution in [-0.4, -0.2) is 39.6 Å². The molecule has 0 aliphatic carbocycles. The molecule has 1 aromatic heterocycles. The first-order chi connectivity index (χ1) is 18.3. The van der Waals surface area contributed by atoms with Crippen molar-refractivity contribution in [2.45, 2.75) is 32.4 Å².